The van der Waals surface area contributed by atoms with Gasteiger partial charge in [-0.05, 0) is 65.8 Å². The van der Waals surface area contributed by atoms with Crippen LogP contribution < -0.4 is 14.8 Å². The average molecular weight is 534 g/mol. The first-order chi connectivity index (χ1) is 18.1. The summed E-state index contributed by atoms with van der Waals surface area (Å²) in [5.74, 6) is -1.44. The zero-order chi connectivity index (χ0) is 27.4. The van der Waals surface area contributed by atoms with Gasteiger partial charge in [0.15, 0.2) is 17.3 Å². The second kappa shape index (κ2) is 11.4. The molecule has 0 fully saturated rings. The Kier molecular flexibility index (Phi) is 8.23. The molecule has 4 rings (SSSR count). The van der Waals surface area contributed by atoms with E-state index in [4.69, 9.17) is 19.7 Å². The Morgan fingerprint density at radius 2 is 1.76 bits per heavy atom. The fraction of sp³-hybridized carbons (Fsp3) is 0.321. The Labute approximate surface area is 216 Å². The lowest BCUT2D eigenvalue weighted by molar-refractivity contribution is -0.140. The van der Waals surface area contributed by atoms with Gasteiger partial charge < -0.3 is 19.7 Å². The summed E-state index contributed by atoms with van der Waals surface area (Å²) in [5, 5.41) is 20.9. The fourth-order valence-electron chi connectivity index (χ4n) is 4.52. The number of hydrogen-bond acceptors (Lipinski definition) is 5. The van der Waals surface area contributed by atoms with Crippen LogP contribution in [-0.4, -0.2) is 42.0 Å². The second-order valence-corrected chi connectivity index (χ2v) is 8.98. The highest BCUT2D eigenvalue weighted by Gasteiger charge is 2.33. The summed E-state index contributed by atoms with van der Waals surface area (Å²) in [4.78, 5) is 11.1. The highest BCUT2D eigenvalue weighted by Crippen LogP contribution is 2.40. The number of fused-ring (bicyclic) bond motifs is 1. The van der Waals surface area contributed by atoms with Gasteiger partial charge in [0.2, 0.25) is 0 Å². The van der Waals surface area contributed by atoms with E-state index in [2.05, 4.69) is 5.32 Å². The molecule has 3 N–H and O–H groups in total. The molecule has 0 radical (unpaired) electrons. The van der Waals surface area contributed by atoms with E-state index < -0.39 is 36.2 Å². The SMILES string of the molecule is Cc1c(CCc2cc(CN[C@@H](CO)C(=O)O)ccc2C(F)(F)F)cccc1-c1ccc2c(c1F)OCCO2. The summed E-state index contributed by atoms with van der Waals surface area (Å²) in [6.07, 6.45) is -4.25. The normalized spacial score (nSPS) is 13.8. The van der Waals surface area contributed by atoms with E-state index in [1.165, 1.54) is 12.1 Å². The summed E-state index contributed by atoms with van der Waals surface area (Å²) in [5.41, 5.74) is 2.16. The van der Waals surface area contributed by atoms with E-state index in [0.29, 0.717) is 29.0 Å². The van der Waals surface area contributed by atoms with Crippen LogP contribution in [0.15, 0.2) is 48.5 Å². The van der Waals surface area contributed by atoms with E-state index in [9.17, 15) is 18.0 Å². The van der Waals surface area contributed by atoms with E-state index in [-0.39, 0.29) is 37.3 Å². The highest BCUT2D eigenvalue weighted by molar-refractivity contribution is 5.73. The minimum Gasteiger partial charge on any atom is -0.486 e. The molecule has 1 aliphatic heterocycles. The third-order valence-electron chi connectivity index (χ3n) is 6.56. The molecule has 1 heterocycles. The van der Waals surface area contributed by atoms with Crippen molar-refractivity contribution in [3.05, 3.63) is 82.2 Å². The molecule has 0 unspecified atom stereocenters. The maximum atomic E-state index is 15.2. The summed E-state index contributed by atoms with van der Waals surface area (Å²) in [7, 11) is 0. The van der Waals surface area contributed by atoms with Gasteiger partial charge in [-0.15, -0.1) is 0 Å². The molecule has 3 aromatic carbocycles. The number of ether oxygens (including phenoxy) is 2. The zero-order valence-corrected chi connectivity index (χ0v) is 20.6. The molecule has 1 atom stereocenters. The van der Waals surface area contributed by atoms with Gasteiger partial charge in [-0.1, -0.05) is 30.3 Å². The molecule has 3 aromatic rings. The Morgan fingerprint density at radius 1 is 1.03 bits per heavy atom. The van der Waals surface area contributed by atoms with Gasteiger partial charge in [0.05, 0.1) is 12.2 Å². The molecule has 0 amide bonds. The number of hydrogen-bond donors (Lipinski definition) is 3. The lowest BCUT2D eigenvalue weighted by Gasteiger charge is -2.21. The van der Waals surface area contributed by atoms with Crippen molar-refractivity contribution in [1.82, 2.24) is 5.32 Å². The largest absolute Gasteiger partial charge is 0.486 e. The third-order valence-corrected chi connectivity index (χ3v) is 6.56. The summed E-state index contributed by atoms with van der Waals surface area (Å²) in [6, 6.07) is 11.0. The van der Waals surface area contributed by atoms with Crippen LogP contribution in [0.2, 0.25) is 0 Å². The van der Waals surface area contributed by atoms with Gasteiger partial charge >= 0.3 is 12.1 Å². The van der Waals surface area contributed by atoms with Crippen molar-refractivity contribution in [1.29, 1.82) is 0 Å². The predicted molar refractivity (Wildman–Crippen MR) is 132 cm³/mol. The first-order valence-corrected chi connectivity index (χ1v) is 12.0. The van der Waals surface area contributed by atoms with Crippen molar-refractivity contribution >= 4 is 5.97 Å². The lowest BCUT2D eigenvalue weighted by Crippen LogP contribution is -2.39. The van der Waals surface area contributed by atoms with Crippen molar-refractivity contribution in [2.75, 3.05) is 19.8 Å². The summed E-state index contributed by atoms with van der Waals surface area (Å²) < 4.78 is 67.3. The number of aliphatic hydroxyl groups is 1. The van der Waals surface area contributed by atoms with E-state index in [0.717, 1.165) is 17.2 Å². The summed E-state index contributed by atoms with van der Waals surface area (Å²) in [6.45, 7) is 1.69. The molecule has 6 nitrogen and oxygen atoms in total. The number of carbonyl (C=O) groups is 1. The first kappa shape index (κ1) is 27.4. The van der Waals surface area contributed by atoms with Gasteiger partial charge in [-0.3, -0.25) is 10.1 Å². The second-order valence-electron chi connectivity index (χ2n) is 8.98. The standard InChI is InChI=1S/C28H27F4NO5/c1-16-18(3-2-4-20(16)21-8-10-24-26(25(21)29)38-12-11-37-24)6-7-19-13-17(5-9-22(19)28(30,31)32)14-33-23(15-34)27(35)36/h2-5,8-10,13,23,33-34H,6-7,11-12,14-15H2,1H3,(H,35,36)/t23-/m0/s1. The van der Waals surface area contributed by atoms with Crippen LogP contribution >= 0.6 is 0 Å². The van der Waals surface area contributed by atoms with E-state index in [1.807, 2.05) is 0 Å². The Balaban J connectivity index is 1.59. The van der Waals surface area contributed by atoms with Crippen molar-refractivity contribution in [2.45, 2.75) is 38.5 Å². The minimum absolute atomic E-state index is 0.0272. The van der Waals surface area contributed by atoms with Crippen LogP contribution in [0.25, 0.3) is 11.1 Å². The number of benzene rings is 3. The highest BCUT2D eigenvalue weighted by atomic mass is 19.4. The molecule has 202 valence electrons. The molecule has 0 aliphatic carbocycles. The van der Waals surface area contributed by atoms with Crippen LogP contribution in [0.1, 0.15) is 27.8 Å². The monoisotopic (exact) mass is 533 g/mol. The van der Waals surface area contributed by atoms with Gasteiger partial charge in [0.25, 0.3) is 0 Å². The number of aliphatic hydroxyl groups excluding tert-OH is 1. The minimum atomic E-state index is -4.57. The number of rotatable bonds is 9. The van der Waals surface area contributed by atoms with Crippen LogP contribution in [0.5, 0.6) is 11.5 Å². The Hall–Kier alpha value is -3.63. The molecular weight excluding hydrogens is 506 g/mol. The maximum absolute atomic E-state index is 15.2. The molecule has 0 saturated carbocycles. The van der Waals surface area contributed by atoms with Gasteiger partial charge in [-0.2, -0.15) is 13.2 Å². The van der Waals surface area contributed by atoms with Crippen molar-refractivity contribution in [2.24, 2.45) is 0 Å². The number of carboxylic acids is 1. The van der Waals surface area contributed by atoms with Gasteiger partial charge in [0, 0.05) is 12.1 Å². The molecule has 0 spiro atoms. The average Bonchev–Trinajstić information content (AvgIpc) is 2.88. The van der Waals surface area contributed by atoms with Crippen LogP contribution in [0.4, 0.5) is 17.6 Å². The number of halogens is 4. The quantitative estimate of drug-likeness (QED) is 0.339. The Morgan fingerprint density at radius 3 is 2.47 bits per heavy atom. The van der Waals surface area contributed by atoms with Gasteiger partial charge in [0.1, 0.15) is 19.3 Å². The van der Waals surface area contributed by atoms with Crippen molar-refractivity contribution in [3.8, 4) is 22.6 Å². The molecule has 38 heavy (non-hydrogen) atoms. The fourth-order valence-corrected chi connectivity index (χ4v) is 4.52. The van der Waals surface area contributed by atoms with Crippen LogP contribution in [0, 0.1) is 12.7 Å². The van der Waals surface area contributed by atoms with Crippen LogP contribution in [-0.2, 0) is 30.4 Å². The van der Waals surface area contributed by atoms with Crippen molar-refractivity contribution in [3.63, 3.8) is 0 Å². The number of carboxylic acid groups (broad SMARTS) is 1. The van der Waals surface area contributed by atoms with Gasteiger partial charge in [-0.25, -0.2) is 4.39 Å². The Bertz CT molecular complexity index is 1330. The third kappa shape index (κ3) is 5.92. The first-order valence-electron chi connectivity index (χ1n) is 12.0. The molecule has 0 saturated heterocycles. The number of nitrogens with one attached hydrogen (secondary N) is 1. The molecule has 1 aliphatic rings. The smallest absolute Gasteiger partial charge is 0.416 e. The number of alkyl halides is 3. The number of aliphatic carboxylic acids is 1. The number of aryl methyl sites for hydroxylation is 2. The maximum Gasteiger partial charge on any atom is 0.416 e. The molecule has 10 heteroatoms. The summed E-state index contributed by atoms with van der Waals surface area (Å²) >= 11 is 0. The topological polar surface area (TPSA) is 88.0 Å². The molecular formula is C28H27F4NO5. The van der Waals surface area contributed by atoms with Crippen LogP contribution in [0.3, 0.4) is 0 Å². The predicted octanol–water partition coefficient (Wildman–Crippen LogP) is 4.91. The van der Waals surface area contributed by atoms with E-state index in [1.54, 1.807) is 37.3 Å². The lowest BCUT2D eigenvalue weighted by atomic mass is 9.91. The molecule has 0 aromatic heterocycles. The van der Waals surface area contributed by atoms with E-state index >= 15 is 4.39 Å². The molecule has 0 bridgehead atoms. The zero-order valence-electron chi connectivity index (χ0n) is 20.6. The van der Waals surface area contributed by atoms with Crippen molar-refractivity contribution < 1.29 is 42.0 Å².